The van der Waals surface area contributed by atoms with Crippen molar-refractivity contribution in [1.82, 2.24) is 0 Å². The van der Waals surface area contributed by atoms with Crippen LogP contribution >= 0.6 is 0 Å². The molecule has 0 aromatic carbocycles. The Labute approximate surface area is 177 Å². The highest BCUT2D eigenvalue weighted by atomic mass is 28.4. The van der Waals surface area contributed by atoms with Gasteiger partial charge in [-0.1, -0.05) is 72.5 Å². The van der Waals surface area contributed by atoms with E-state index in [-0.39, 0.29) is 6.29 Å². The van der Waals surface area contributed by atoms with Gasteiger partial charge in [0.1, 0.15) is 0 Å². The minimum atomic E-state index is -1.55. The maximum Gasteiger partial charge on any atom is 0.191 e. The van der Waals surface area contributed by atoms with Crippen molar-refractivity contribution in [2.45, 2.75) is 123 Å². The minimum absolute atomic E-state index is 0.0651. The van der Waals surface area contributed by atoms with Gasteiger partial charge in [0, 0.05) is 26.2 Å². The zero-order valence-corrected chi connectivity index (χ0v) is 21.1. The van der Waals surface area contributed by atoms with E-state index >= 15 is 0 Å². The SMILES string of the molecule is CCCOC(C/C=C\CCCCCCCCO[Si](C)(C)C(C)(C)C)OCCC. The Morgan fingerprint density at radius 2 is 1.29 bits per heavy atom. The first-order valence-corrected chi connectivity index (χ1v) is 14.7. The molecule has 0 aliphatic carbocycles. The standard InChI is InChI=1S/C24H50O3Si/c1-8-20-25-23(26-21-9-2)19-17-15-13-11-10-12-14-16-18-22-27-28(6,7)24(3,4)5/h15,17,23H,8-14,16,18-22H2,1-7H3/b17-15-. The molecule has 0 aliphatic heterocycles. The molecule has 168 valence electrons. The van der Waals surface area contributed by atoms with E-state index in [9.17, 15) is 0 Å². The van der Waals surface area contributed by atoms with E-state index < -0.39 is 8.32 Å². The third-order valence-corrected chi connectivity index (χ3v) is 10.1. The van der Waals surface area contributed by atoms with Gasteiger partial charge in [-0.25, -0.2) is 0 Å². The first kappa shape index (κ1) is 27.8. The van der Waals surface area contributed by atoms with E-state index in [0.717, 1.165) is 39.1 Å². The molecule has 0 spiro atoms. The van der Waals surface area contributed by atoms with Gasteiger partial charge in [-0.05, 0) is 50.2 Å². The van der Waals surface area contributed by atoms with E-state index in [1.165, 1.54) is 44.9 Å². The predicted octanol–water partition coefficient (Wildman–Crippen LogP) is 7.86. The highest BCUT2D eigenvalue weighted by Gasteiger charge is 2.36. The van der Waals surface area contributed by atoms with Gasteiger partial charge in [0.2, 0.25) is 0 Å². The van der Waals surface area contributed by atoms with Crippen LogP contribution in [-0.4, -0.2) is 34.4 Å². The van der Waals surface area contributed by atoms with Crippen molar-refractivity contribution < 1.29 is 13.9 Å². The summed E-state index contributed by atoms with van der Waals surface area (Å²) in [6.07, 6.45) is 16.4. The van der Waals surface area contributed by atoms with Crippen LogP contribution in [0.25, 0.3) is 0 Å². The molecule has 4 heteroatoms. The van der Waals surface area contributed by atoms with Crippen molar-refractivity contribution in [1.29, 1.82) is 0 Å². The first-order chi connectivity index (χ1) is 13.2. The molecule has 3 nitrogen and oxygen atoms in total. The molecule has 0 rings (SSSR count). The normalized spacial score (nSPS) is 13.1. The highest BCUT2D eigenvalue weighted by Crippen LogP contribution is 2.36. The lowest BCUT2D eigenvalue weighted by Gasteiger charge is -2.36. The molecule has 0 aromatic heterocycles. The van der Waals surface area contributed by atoms with E-state index in [2.05, 4.69) is 59.9 Å². The number of ether oxygens (including phenoxy) is 2. The van der Waals surface area contributed by atoms with Crippen molar-refractivity contribution in [2.75, 3.05) is 19.8 Å². The number of hydrogen-bond acceptors (Lipinski definition) is 3. The molecule has 0 bridgehead atoms. The summed E-state index contributed by atoms with van der Waals surface area (Å²) < 4.78 is 17.7. The van der Waals surface area contributed by atoms with E-state index in [1.54, 1.807) is 0 Å². The van der Waals surface area contributed by atoms with E-state index in [0.29, 0.717) is 5.04 Å². The van der Waals surface area contributed by atoms with Crippen LogP contribution < -0.4 is 0 Å². The Hall–Kier alpha value is -0.163. The van der Waals surface area contributed by atoms with Gasteiger partial charge < -0.3 is 13.9 Å². The quantitative estimate of drug-likeness (QED) is 0.0988. The van der Waals surface area contributed by atoms with Crippen LogP contribution in [0.5, 0.6) is 0 Å². The second-order valence-electron chi connectivity index (χ2n) is 9.40. The third-order valence-electron chi connectivity index (χ3n) is 5.55. The van der Waals surface area contributed by atoms with E-state index in [1.807, 2.05) is 0 Å². The smallest absolute Gasteiger partial charge is 0.191 e. The summed E-state index contributed by atoms with van der Waals surface area (Å²) >= 11 is 0. The van der Waals surface area contributed by atoms with Gasteiger partial charge in [0.15, 0.2) is 14.6 Å². The summed E-state index contributed by atoms with van der Waals surface area (Å²) in [6.45, 7) is 18.4. The molecule has 0 amide bonds. The van der Waals surface area contributed by atoms with Crippen LogP contribution in [0.3, 0.4) is 0 Å². The summed E-state index contributed by atoms with van der Waals surface area (Å²) in [5, 5.41) is 0.324. The molecule has 0 heterocycles. The number of unbranched alkanes of at least 4 members (excludes halogenated alkanes) is 6. The molecule has 0 aromatic rings. The van der Waals surface area contributed by atoms with Crippen LogP contribution in [0.15, 0.2) is 12.2 Å². The average molecular weight is 415 g/mol. The summed E-state index contributed by atoms with van der Waals surface area (Å²) in [5.41, 5.74) is 0. The molecule has 0 unspecified atom stereocenters. The molecule has 0 aliphatic rings. The molecule has 0 radical (unpaired) electrons. The second-order valence-corrected chi connectivity index (χ2v) is 14.2. The lowest BCUT2D eigenvalue weighted by molar-refractivity contribution is -0.139. The van der Waals surface area contributed by atoms with Crippen LogP contribution in [0.4, 0.5) is 0 Å². The molecule has 0 atom stereocenters. The summed E-state index contributed by atoms with van der Waals surface area (Å²) in [7, 11) is -1.55. The Balaban J connectivity index is 3.61. The molecule has 0 N–H and O–H groups in total. The summed E-state index contributed by atoms with van der Waals surface area (Å²) in [6, 6.07) is 0. The Bertz CT molecular complexity index is 367. The Kier molecular flexibility index (Phi) is 16.5. The monoisotopic (exact) mass is 414 g/mol. The van der Waals surface area contributed by atoms with Crippen LogP contribution in [0, 0.1) is 0 Å². The fraction of sp³-hybridized carbons (Fsp3) is 0.917. The third kappa shape index (κ3) is 14.8. The van der Waals surface area contributed by atoms with Crippen molar-refractivity contribution in [2.24, 2.45) is 0 Å². The Morgan fingerprint density at radius 1 is 0.750 bits per heavy atom. The minimum Gasteiger partial charge on any atom is -0.417 e. The number of hydrogen-bond donors (Lipinski definition) is 0. The van der Waals surface area contributed by atoms with Crippen molar-refractivity contribution in [3.63, 3.8) is 0 Å². The zero-order valence-electron chi connectivity index (χ0n) is 20.1. The lowest BCUT2D eigenvalue weighted by atomic mass is 10.1. The molecular weight excluding hydrogens is 364 g/mol. The van der Waals surface area contributed by atoms with Gasteiger partial charge in [0.05, 0.1) is 0 Å². The molecular formula is C24H50O3Si. The predicted molar refractivity (Wildman–Crippen MR) is 125 cm³/mol. The highest BCUT2D eigenvalue weighted by molar-refractivity contribution is 6.74. The van der Waals surface area contributed by atoms with E-state index in [4.69, 9.17) is 13.9 Å². The lowest BCUT2D eigenvalue weighted by Crippen LogP contribution is -2.40. The van der Waals surface area contributed by atoms with Crippen LogP contribution in [-0.2, 0) is 13.9 Å². The van der Waals surface area contributed by atoms with Crippen molar-refractivity contribution in [3.8, 4) is 0 Å². The second kappa shape index (κ2) is 16.6. The summed E-state index contributed by atoms with van der Waals surface area (Å²) in [4.78, 5) is 0. The number of rotatable bonds is 18. The fourth-order valence-electron chi connectivity index (χ4n) is 2.62. The number of allylic oxidation sites excluding steroid dienone is 1. The zero-order chi connectivity index (χ0) is 21.3. The van der Waals surface area contributed by atoms with Gasteiger partial charge in [0.25, 0.3) is 0 Å². The van der Waals surface area contributed by atoms with Crippen molar-refractivity contribution in [3.05, 3.63) is 12.2 Å². The van der Waals surface area contributed by atoms with Crippen molar-refractivity contribution >= 4 is 8.32 Å². The largest absolute Gasteiger partial charge is 0.417 e. The van der Waals surface area contributed by atoms with Crippen LogP contribution in [0.1, 0.15) is 98.8 Å². The molecule has 0 fully saturated rings. The average Bonchev–Trinajstić information content (AvgIpc) is 2.63. The Morgan fingerprint density at radius 3 is 1.82 bits per heavy atom. The van der Waals surface area contributed by atoms with Gasteiger partial charge in [-0.3, -0.25) is 0 Å². The van der Waals surface area contributed by atoms with Crippen LogP contribution in [0.2, 0.25) is 18.1 Å². The first-order valence-electron chi connectivity index (χ1n) is 11.8. The van der Waals surface area contributed by atoms with Gasteiger partial charge >= 0.3 is 0 Å². The summed E-state index contributed by atoms with van der Waals surface area (Å²) in [5.74, 6) is 0. The fourth-order valence-corrected chi connectivity index (χ4v) is 3.71. The maximum absolute atomic E-state index is 6.24. The topological polar surface area (TPSA) is 27.7 Å². The van der Waals surface area contributed by atoms with Gasteiger partial charge in [-0.15, -0.1) is 0 Å². The van der Waals surface area contributed by atoms with Gasteiger partial charge in [-0.2, -0.15) is 0 Å². The molecule has 28 heavy (non-hydrogen) atoms. The molecule has 0 saturated heterocycles. The maximum atomic E-state index is 6.24. The molecule has 0 saturated carbocycles.